The highest BCUT2D eigenvalue weighted by molar-refractivity contribution is 6.08. The third-order valence-electron chi connectivity index (χ3n) is 11.2. The lowest BCUT2D eigenvalue weighted by Crippen LogP contribution is -2.51. The lowest BCUT2D eigenvalue weighted by Gasteiger charge is -2.38. The maximum Gasteiger partial charge on any atom is 0.310 e. The van der Waals surface area contributed by atoms with Crippen LogP contribution in [-0.2, 0) is 19.1 Å². The van der Waals surface area contributed by atoms with Gasteiger partial charge >= 0.3 is 5.97 Å². The minimum atomic E-state index is -3.13. The Balaban J connectivity index is 1.15. The molecule has 0 N–H and O–H groups in total. The molecule has 328 valence electrons. The van der Waals surface area contributed by atoms with Crippen LogP contribution in [0.15, 0.2) is 48.8 Å². The predicted octanol–water partition coefficient (Wildman–Crippen LogP) is 6.86. The Morgan fingerprint density at radius 2 is 1.67 bits per heavy atom. The molecular formula is C46H58F2N6O7. The molecule has 1 aromatic carbocycles. The maximum atomic E-state index is 14.2. The van der Waals surface area contributed by atoms with Gasteiger partial charge in [0.2, 0.25) is 11.8 Å². The van der Waals surface area contributed by atoms with E-state index >= 15 is 0 Å². The Kier molecular flexibility index (Phi) is 15.0. The highest BCUT2D eigenvalue weighted by atomic mass is 19.3. The first-order valence-corrected chi connectivity index (χ1v) is 21.0. The first-order chi connectivity index (χ1) is 28.6. The average Bonchev–Trinajstić information content (AvgIpc) is 3.53. The van der Waals surface area contributed by atoms with Gasteiger partial charge < -0.3 is 19.3 Å². The number of carbonyl (C=O) groups is 5. The van der Waals surface area contributed by atoms with Crippen molar-refractivity contribution in [1.29, 1.82) is 5.26 Å². The van der Waals surface area contributed by atoms with E-state index in [2.05, 4.69) is 14.9 Å². The number of fused-ring (bicyclic) bond motifs is 1. The molecule has 4 heterocycles. The number of amides is 2. The summed E-state index contributed by atoms with van der Waals surface area (Å²) in [5.41, 5.74) is 0.851. The molecule has 2 saturated heterocycles. The van der Waals surface area contributed by atoms with Gasteiger partial charge in [-0.3, -0.25) is 38.8 Å². The summed E-state index contributed by atoms with van der Waals surface area (Å²) in [4.78, 5) is 80.7. The lowest BCUT2D eigenvalue weighted by atomic mass is 9.74. The molecule has 2 aliphatic rings. The van der Waals surface area contributed by atoms with Gasteiger partial charge in [-0.2, -0.15) is 5.26 Å². The summed E-state index contributed by atoms with van der Waals surface area (Å²) in [6.45, 7) is 15.5. The number of Topliss-reactive ketones (excluding diaryl/α,β-unsaturated/α-hetero) is 2. The minimum absolute atomic E-state index is 0.0527. The molecule has 0 saturated carbocycles. The average molecular weight is 845 g/mol. The number of hydrogen-bond acceptors (Lipinski definition) is 11. The molecule has 2 aromatic heterocycles. The van der Waals surface area contributed by atoms with E-state index in [-0.39, 0.29) is 49.1 Å². The van der Waals surface area contributed by atoms with Crippen molar-refractivity contribution >= 4 is 40.3 Å². The van der Waals surface area contributed by atoms with Crippen LogP contribution in [0.4, 0.5) is 8.78 Å². The number of benzene rings is 1. The molecule has 0 aliphatic carbocycles. The van der Waals surface area contributed by atoms with Crippen LogP contribution in [0.3, 0.4) is 0 Å². The number of carbonyl (C=O) groups excluding carboxylic acids is 5. The molecule has 2 fully saturated rings. The second kappa shape index (κ2) is 19.6. The number of nitriles is 1. The molecule has 2 aliphatic heterocycles. The first kappa shape index (κ1) is 46.7. The summed E-state index contributed by atoms with van der Waals surface area (Å²) in [6.07, 6.45) is 2.59. The summed E-state index contributed by atoms with van der Waals surface area (Å²) in [5, 5.41) is 9.78. The summed E-state index contributed by atoms with van der Waals surface area (Å²) >= 11 is 0. The van der Waals surface area contributed by atoms with Gasteiger partial charge in [0, 0.05) is 98.9 Å². The molecule has 61 heavy (non-hydrogen) atoms. The van der Waals surface area contributed by atoms with Crippen molar-refractivity contribution in [2.45, 2.75) is 105 Å². The molecule has 5 rings (SSSR count). The Morgan fingerprint density at radius 1 is 0.951 bits per heavy atom. The Morgan fingerprint density at radius 3 is 2.31 bits per heavy atom. The van der Waals surface area contributed by atoms with Crippen molar-refractivity contribution in [3.63, 3.8) is 0 Å². The van der Waals surface area contributed by atoms with Crippen LogP contribution in [0.2, 0.25) is 0 Å². The Bertz CT molecular complexity index is 2120. The van der Waals surface area contributed by atoms with E-state index in [1.165, 1.54) is 12.4 Å². The third-order valence-corrected chi connectivity index (χ3v) is 11.2. The van der Waals surface area contributed by atoms with Crippen LogP contribution >= 0.6 is 0 Å². The number of piperazine rings is 1. The standard InChI is InChI=1S/C46H58F2N6O7/c1-30-9-10-31(28-51-30)40(56)24-32(23-37(44(2,3)4)43(59)61-45(5,6)7)42(58)53-20-18-52(19-21-53)17-8-22-60-34-11-12-38-36(25-34)35(15-16-50-38)39(55)13-14-41(57)54-29-46(47,48)26-33(54)27-49/h9-12,15-16,25,28,32-33,37H,8,13-14,17-24,26,29H2,1-7H3/t32-,33+,37?/m1/s1. The zero-order valence-electron chi connectivity index (χ0n) is 36.3. The largest absolute Gasteiger partial charge is 0.494 e. The van der Waals surface area contributed by atoms with E-state index in [1.54, 1.807) is 47.4 Å². The molecular weight excluding hydrogens is 787 g/mol. The van der Waals surface area contributed by atoms with Crippen LogP contribution in [0.5, 0.6) is 5.75 Å². The number of rotatable bonds is 16. The molecule has 3 atom stereocenters. The summed E-state index contributed by atoms with van der Waals surface area (Å²) < 4.78 is 39.6. The van der Waals surface area contributed by atoms with Crippen molar-refractivity contribution in [3.05, 3.63) is 65.6 Å². The predicted molar refractivity (Wildman–Crippen MR) is 224 cm³/mol. The first-order valence-electron chi connectivity index (χ1n) is 21.0. The van der Waals surface area contributed by atoms with Crippen LogP contribution < -0.4 is 4.74 Å². The van der Waals surface area contributed by atoms with Crippen molar-refractivity contribution < 1.29 is 42.2 Å². The van der Waals surface area contributed by atoms with E-state index in [0.717, 1.165) is 10.6 Å². The van der Waals surface area contributed by atoms with Gasteiger partial charge in [0.05, 0.1) is 30.7 Å². The minimum Gasteiger partial charge on any atom is -0.494 e. The van der Waals surface area contributed by atoms with Gasteiger partial charge in [-0.05, 0) is 82.3 Å². The Labute approximate surface area is 356 Å². The fraction of sp³-hybridized carbons (Fsp3) is 0.565. The van der Waals surface area contributed by atoms with Crippen LogP contribution in [0.1, 0.15) is 106 Å². The van der Waals surface area contributed by atoms with E-state index in [4.69, 9.17) is 9.47 Å². The molecule has 0 spiro atoms. The highest BCUT2D eigenvalue weighted by Crippen LogP contribution is 2.36. The molecule has 3 aromatic rings. The fourth-order valence-corrected chi connectivity index (χ4v) is 7.79. The molecule has 2 amide bonds. The van der Waals surface area contributed by atoms with Crippen molar-refractivity contribution in [1.82, 2.24) is 24.7 Å². The topological polar surface area (TPSA) is 163 Å². The van der Waals surface area contributed by atoms with Crippen LogP contribution in [0, 0.1) is 35.5 Å². The van der Waals surface area contributed by atoms with Crippen molar-refractivity contribution in [3.8, 4) is 11.8 Å². The number of aryl methyl sites for hydroxylation is 1. The van der Waals surface area contributed by atoms with Crippen molar-refractivity contribution in [2.75, 3.05) is 45.9 Å². The number of hydrogen-bond donors (Lipinski definition) is 0. The summed E-state index contributed by atoms with van der Waals surface area (Å²) in [6, 6.07) is 10.8. The van der Waals surface area contributed by atoms with Gasteiger partial charge in [0.15, 0.2) is 11.6 Å². The van der Waals surface area contributed by atoms with E-state index in [1.807, 2.05) is 48.5 Å². The normalized spacial score (nSPS) is 18.0. The van der Waals surface area contributed by atoms with Crippen molar-refractivity contribution in [2.24, 2.45) is 17.3 Å². The number of nitrogens with zero attached hydrogens (tertiary/aromatic N) is 6. The zero-order valence-corrected chi connectivity index (χ0v) is 36.3. The van der Waals surface area contributed by atoms with E-state index in [0.29, 0.717) is 73.5 Å². The molecule has 0 bridgehead atoms. The summed E-state index contributed by atoms with van der Waals surface area (Å²) in [7, 11) is 0. The number of ketones is 2. The molecule has 15 heteroatoms. The molecule has 13 nitrogen and oxygen atoms in total. The number of pyridine rings is 2. The second-order valence-electron chi connectivity index (χ2n) is 18.3. The molecule has 0 radical (unpaired) electrons. The number of halogens is 2. The quantitative estimate of drug-likeness (QED) is 0.0842. The maximum absolute atomic E-state index is 14.2. The highest BCUT2D eigenvalue weighted by Gasteiger charge is 2.47. The Hall–Kier alpha value is -5.36. The monoisotopic (exact) mass is 844 g/mol. The van der Waals surface area contributed by atoms with E-state index in [9.17, 15) is 38.0 Å². The number of likely N-dealkylation sites (tertiary alicyclic amines) is 1. The zero-order chi connectivity index (χ0) is 44.7. The number of ether oxygens (including phenoxy) is 2. The summed E-state index contributed by atoms with van der Waals surface area (Å²) in [5.74, 6) is -5.73. The van der Waals surface area contributed by atoms with Gasteiger partial charge in [0.25, 0.3) is 5.92 Å². The fourth-order valence-electron chi connectivity index (χ4n) is 7.79. The second-order valence-corrected chi connectivity index (χ2v) is 18.3. The number of esters is 1. The smallest absolute Gasteiger partial charge is 0.310 e. The van der Waals surface area contributed by atoms with E-state index < -0.39 is 53.7 Å². The third kappa shape index (κ3) is 12.8. The van der Waals surface area contributed by atoms with Gasteiger partial charge in [0.1, 0.15) is 17.4 Å². The SMILES string of the molecule is Cc1ccc(C(=O)C[C@@H](CC(C(=O)OC(C)(C)C)C(C)(C)C)C(=O)N2CCN(CCCOc3ccc4nccc(C(=O)CCC(=O)N5CC(F)(F)C[C@H]5C#N)c4c3)CC2)cn1. The van der Waals surface area contributed by atoms with Gasteiger partial charge in [-0.15, -0.1) is 0 Å². The number of aromatic nitrogens is 2. The van der Waals surface area contributed by atoms with Crippen LogP contribution in [0.25, 0.3) is 10.9 Å². The molecule has 1 unspecified atom stereocenters. The van der Waals surface area contributed by atoms with Gasteiger partial charge in [-0.25, -0.2) is 8.78 Å². The van der Waals surface area contributed by atoms with Gasteiger partial charge in [-0.1, -0.05) is 20.8 Å². The number of alkyl halides is 2. The lowest BCUT2D eigenvalue weighted by molar-refractivity contribution is -0.165. The van der Waals surface area contributed by atoms with Crippen LogP contribution in [-0.4, -0.2) is 117 Å².